The van der Waals surface area contributed by atoms with Gasteiger partial charge in [0, 0.05) is 43.4 Å². The van der Waals surface area contributed by atoms with Crippen molar-refractivity contribution in [3.05, 3.63) is 59.1 Å². The Morgan fingerprint density at radius 2 is 1.64 bits per heavy atom. The summed E-state index contributed by atoms with van der Waals surface area (Å²) in [6.45, 7) is 4.09. The molecule has 0 spiro atoms. The minimum Gasteiger partial charge on any atom is -0.484 e. The van der Waals surface area contributed by atoms with E-state index in [0.29, 0.717) is 11.4 Å². The molecular formula is C19H22ClN3O2. The number of halogens is 1. The van der Waals surface area contributed by atoms with E-state index in [-0.39, 0.29) is 12.5 Å². The average Bonchev–Trinajstić information content (AvgIpc) is 2.63. The zero-order valence-corrected chi connectivity index (χ0v) is 14.8. The van der Waals surface area contributed by atoms with Gasteiger partial charge in [0.25, 0.3) is 5.91 Å². The van der Waals surface area contributed by atoms with Crippen LogP contribution in [0.25, 0.3) is 0 Å². The van der Waals surface area contributed by atoms with Crippen LogP contribution >= 0.6 is 11.6 Å². The van der Waals surface area contributed by atoms with E-state index >= 15 is 0 Å². The lowest BCUT2D eigenvalue weighted by molar-refractivity contribution is -0.135. The van der Waals surface area contributed by atoms with Gasteiger partial charge in [0.05, 0.1) is 0 Å². The van der Waals surface area contributed by atoms with Gasteiger partial charge in [-0.25, -0.2) is 0 Å². The molecule has 6 heteroatoms. The van der Waals surface area contributed by atoms with Crippen LogP contribution in [0.1, 0.15) is 5.56 Å². The number of nitrogens with two attached hydrogens (primary N) is 1. The summed E-state index contributed by atoms with van der Waals surface area (Å²) in [4.78, 5) is 16.5. The first-order chi connectivity index (χ1) is 12.1. The number of rotatable bonds is 5. The zero-order valence-electron chi connectivity index (χ0n) is 14.0. The molecule has 2 aromatic rings. The number of amides is 1. The number of hydrogen-bond donors (Lipinski definition) is 1. The van der Waals surface area contributed by atoms with Gasteiger partial charge in [-0.1, -0.05) is 23.7 Å². The Kier molecular flexibility index (Phi) is 5.79. The molecule has 0 atom stereocenters. The molecule has 2 N–H and O–H groups in total. The van der Waals surface area contributed by atoms with E-state index in [1.165, 1.54) is 5.56 Å². The summed E-state index contributed by atoms with van der Waals surface area (Å²) in [6, 6.07) is 15.0. The maximum atomic E-state index is 12.3. The SMILES string of the molecule is Nc1ccc(OCC(=O)N2CCN(Cc3ccc(Cl)cc3)CC2)cc1. The van der Waals surface area contributed by atoms with E-state index in [1.54, 1.807) is 24.3 Å². The van der Waals surface area contributed by atoms with Gasteiger partial charge in [0.1, 0.15) is 5.75 Å². The predicted octanol–water partition coefficient (Wildman–Crippen LogP) is 2.65. The molecule has 132 valence electrons. The molecule has 1 aliphatic heterocycles. The highest BCUT2D eigenvalue weighted by Gasteiger charge is 2.21. The van der Waals surface area contributed by atoms with Crippen LogP contribution in [0.4, 0.5) is 5.69 Å². The normalized spacial score (nSPS) is 15.2. The van der Waals surface area contributed by atoms with Gasteiger partial charge < -0.3 is 15.4 Å². The molecular weight excluding hydrogens is 338 g/mol. The number of nitrogen functional groups attached to an aromatic ring is 1. The van der Waals surface area contributed by atoms with E-state index in [1.807, 2.05) is 29.2 Å². The topological polar surface area (TPSA) is 58.8 Å². The van der Waals surface area contributed by atoms with E-state index in [2.05, 4.69) is 4.90 Å². The Bertz CT molecular complexity index is 696. The number of anilines is 1. The fourth-order valence-electron chi connectivity index (χ4n) is 2.80. The second kappa shape index (κ2) is 8.23. The molecule has 0 aliphatic carbocycles. The number of carbonyl (C=O) groups is 1. The van der Waals surface area contributed by atoms with Gasteiger partial charge in [-0.2, -0.15) is 0 Å². The lowest BCUT2D eigenvalue weighted by atomic mass is 10.2. The van der Waals surface area contributed by atoms with Gasteiger partial charge in [-0.15, -0.1) is 0 Å². The Labute approximate surface area is 152 Å². The van der Waals surface area contributed by atoms with Gasteiger partial charge in [-0.05, 0) is 42.0 Å². The maximum absolute atomic E-state index is 12.3. The quantitative estimate of drug-likeness (QED) is 0.834. The Morgan fingerprint density at radius 1 is 1.00 bits per heavy atom. The molecule has 3 rings (SSSR count). The van der Waals surface area contributed by atoms with Crippen LogP contribution in [0, 0.1) is 0 Å². The van der Waals surface area contributed by atoms with Crippen LogP contribution in [0.5, 0.6) is 5.75 Å². The molecule has 0 aromatic heterocycles. The zero-order chi connectivity index (χ0) is 17.6. The van der Waals surface area contributed by atoms with Crippen LogP contribution in [0.15, 0.2) is 48.5 Å². The summed E-state index contributed by atoms with van der Waals surface area (Å²) in [5, 5.41) is 0.750. The van der Waals surface area contributed by atoms with Crippen molar-refractivity contribution >= 4 is 23.2 Å². The van der Waals surface area contributed by atoms with Crippen molar-refractivity contribution in [1.82, 2.24) is 9.80 Å². The lowest BCUT2D eigenvalue weighted by Gasteiger charge is -2.34. The summed E-state index contributed by atoms with van der Waals surface area (Å²) < 4.78 is 5.54. The summed E-state index contributed by atoms with van der Waals surface area (Å²) in [5.74, 6) is 0.673. The van der Waals surface area contributed by atoms with Gasteiger partial charge in [0.15, 0.2) is 6.61 Å². The highest BCUT2D eigenvalue weighted by molar-refractivity contribution is 6.30. The molecule has 1 aliphatic rings. The molecule has 0 bridgehead atoms. The Morgan fingerprint density at radius 3 is 2.28 bits per heavy atom. The fraction of sp³-hybridized carbons (Fsp3) is 0.316. The standard InChI is InChI=1S/C19H22ClN3O2/c20-16-3-1-15(2-4-16)13-22-9-11-23(12-10-22)19(24)14-25-18-7-5-17(21)6-8-18/h1-8H,9-14,21H2. The molecule has 1 fully saturated rings. The molecule has 1 amide bonds. The van der Waals surface area contributed by atoms with Crippen molar-refractivity contribution < 1.29 is 9.53 Å². The first kappa shape index (κ1) is 17.6. The third kappa shape index (κ3) is 5.11. The predicted molar refractivity (Wildman–Crippen MR) is 99.7 cm³/mol. The lowest BCUT2D eigenvalue weighted by Crippen LogP contribution is -2.49. The monoisotopic (exact) mass is 359 g/mol. The minimum absolute atomic E-state index is 0.0166. The van der Waals surface area contributed by atoms with Crippen LogP contribution < -0.4 is 10.5 Å². The summed E-state index contributed by atoms with van der Waals surface area (Å²) in [7, 11) is 0. The summed E-state index contributed by atoms with van der Waals surface area (Å²) in [5.41, 5.74) is 7.54. The van der Waals surface area contributed by atoms with Gasteiger partial charge >= 0.3 is 0 Å². The largest absolute Gasteiger partial charge is 0.484 e. The fourth-order valence-corrected chi connectivity index (χ4v) is 2.93. The van der Waals surface area contributed by atoms with Crippen LogP contribution in [-0.2, 0) is 11.3 Å². The van der Waals surface area contributed by atoms with Gasteiger partial charge in [-0.3, -0.25) is 9.69 Å². The van der Waals surface area contributed by atoms with E-state index in [4.69, 9.17) is 22.1 Å². The van der Waals surface area contributed by atoms with Crippen molar-refractivity contribution in [3.63, 3.8) is 0 Å². The Hall–Kier alpha value is -2.24. The highest BCUT2D eigenvalue weighted by atomic mass is 35.5. The number of nitrogens with zero attached hydrogens (tertiary/aromatic N) is 2. The van der Waals surface area contributed by atoms with Crippen LogP contribution in [0.3, 0.4) is 0 Å². The van der Waals surface area contributed by atoms with Crippen molar-refractivity contribution in [3.8, 4) is 5.75 Å². The second-order valence-corrected chi connectivity index (χ2v) is 6.58. The number of carbonyl (C=O) groups excluding carboxylic acids is 1. The molecule has 0 saturated carbocycles. The van der Waals surface area contributed by atoms with Crippen LogP contribution in [0.2, 0.25) is 5.02 Å². The van der Waals surface area contributed by atoms with Gasteiger partial charge in [0.2, 0.25) is 0 Å². The third-order valence-electron chi connectivity index (χ3n) is 4.29. The van der Waals surface area contributed by atoms with E-state index in [0.717, 1.165) is 37.7 Å². The number of ether oxygens (including phenoxy) is 1. The molecule has 5 nitrogen and oxygen atoms in total. The first-order valence-corrected chi connectivity index (χ1v) is 8.71. The van der Waals surface area contributed by atoms with E-state index < -0.39 is 0 Å². The Balaban J connectivity index is 1.42. The summed E-state index contributed by atoms with van der Waals surface area (Å²) >= 11 is 5.91. The highest BCUT2D eigenvalue weighted by Crippen LogP contribution is 2.15. The molecule has 1 heterocycles. The average molecular weight is 360 g/mol. The first-order valence-electron chi connectivity index (χ1n) is 8.33. The molecule has 1 saturated heterocycles. The van der Waals surface area contributed by atoms with E-state index in [9.17, 15) is 4.79 Å². The second-order valence-electron chi connectivity index (χ2n) is 6.14. The smallest absolute Gasteiger partial charge is 0.260 e. The van der Waals surface area contributed by atoms with Crippen molar-refractivity contribution in [2.75, 3.05) is 38.5 Å². The third-order valence-corrected chi connectivity index (χ3v) is 4.54. The molecule has 0 unspecified atom stereocenters. The number of piperazine rings is 1. The minimum atomic E-state index is 0.0166. The van der Waals surface area contributed by atoms with Crippen molar-refractivity contribution in [2.45, 2.75) is 6.54 Å². The van der Waals surface area contributed by atoms with Crippen LogP contribution in [-0.4, -0.2) is 48.5 Å². The molecule has 0 radical (unpaired) electrons. The maximum Gasteiger partial charge on any atom is 0.260 e. The molecule has 2 aromatic carbocycles. The van der Waals surface area contributed by atoms with Crippen molar-refractivity contribution in [1.29, 1.82) is 0 Å². The molecule has 25 heavy (non-hydrogen) atoms. The number of benzene rings is 2. The number of hydrogen-bond acceptors (Lipinski definition) is 4. The summed E-state index contributed by atoms with van der Waals surface area (Å²) in [6.07, 6.45) is 0. The van der Waals surface area contributed by atoms with Crippen molar-refractivity contribution in [2.24, 2.45) is 0 Å².